The van der Waals surface area contributed by atoms with Crippen molar-refractivity contribution < 1.29 is 13.9 Å². The van der Waals surface area contributed by atoms with Gasteiger partial charge in [0, 0.05) is 18.4 Å². The third kappa shape index (κ3) is 5.04. The van der Waals surface area contributed by atoms with Gasteiger partial charge in [0.1, 0.15) is 17.3 Å². The molecular weight excluding hydrogens is 345 g/mol. The van der Waals surface area contributed by atoms with Gasteiger partial charge in [-0.2, -0.15) is 0 Å². The third-order valence-corrected chi connectivity index (χ3v) is 4.00. The molecule has 0 aliphatic rings. The molecule has 1 amide bonds. The number of rotatable bonds is 7. The summed E-state index contributed by atoms with van der Waals surface area (Å²) in [5.41, 5.74) is 2.30. The highest BCUT2D eigenvalue weighted by Gasteiger charge is 2.09. The molecule has 0 saturated heterocycles. The average molecular weight is 365 g/mol. The molecular formula is C21H20FN3O2. The predicted octanol–water partition coefficient (Wildman–Crippen LogP) is 3.95. The smallest absolute Gasteiger partial charge is 0.269 e. The number of carbonyl (C=O) groups is 1. The van der Waals surface area contributed by atoms with Gasteiger partial charge in [-0.05, 0) is 48.4 Å². The minimum Gasteiger partial charge on any atom is -0.497 e. The van der Waals surface area contributed by atoms with Crippen LogP contribution in [0.1, 0.15) is 16.1 Å². The topological polar surface area (TPSA) is 63.2 Å². The van der Waals surface area contributed by atoms with Gasteiger partial charge < -0.3 is 15.4 Å². The summed E-state index contributed by atoms with van der Waals surface area (Å²) in [5, 5.41) is 5.80. The first kappa shape index (κ1) is 18.4. The van der Waals surface area contributed by atoms with E-state index in [9.17, 15) is 9.18 Å². The number of hydrogen-bond donors (Lipinski definition) is 2. The van der Waals surface area contributed by atoms with E-state index in [0.29, 0.717) is 24.3 Å². The molecule has 0 bridgehead atoms. The minimum atomic E-state index is -0.361. The zero-order valence-corrected chi connectivity index (χ0v) is 14.9. The molecule has 0 unspecified atom stereocenters. The first-order valence-electron chi connectivity index (χ1n) is 8.54. The highest BCUT2D eigenvalue weighted by molar-refractivity contribution is 5.93. The van der Waals surface area contributed by atoms with Crippen molar-refractivity contribution in [2.45, 2.75) is 6.42 Å². The monoisotopic (exact) mass is 365 g/mol. The lowest BCUT2D eigenvalue weighted by Crippen LogP contribution is -2.26. The highest BCUT2D eigenvalue weighted by Crippen LogP contribution is 2.19. The van der Waals surface area contributed by atoms with Crippen LogP contribution in [-0.2, 0) is 6.42 Å². The van der Waals surface area contributed by atoms with Crippen LogP contribution in [-0.4, -0.2) is 24.5 Å². The van der Waals surface area contributed by atoms with Crippen LogP contribution in [0.4, 0.5) is 15.8 Å². The number of nitrogens with one attached hydrogen (secondary N) is 2. The lowest BCUT2D eigenvalue weighted by atomic mass is 10.1. The molecule has 3 aromatic rings. The molecule has 5 nitrogen and oxygen atoms in total. The molecule has 0 aliphatic heterocycles. The first-order chi connectivity index (χ1) is 13.2. The largest absolute Gasteiger partial charge is 0.497 e. The zero-order valence-electron chi connectivity index (χ0n) is 14.9. The van der Waals surface area contributed by atoms with Crippen molar-refractivity contribution >= 4 is 17.3 Å². The number of nitrogens with zero attached hydrogens (tertiary/aromatic N) is 1. The number of carbonyl (C=O) groups excluding carboxylic acids is 1. The van der Waals surface area contributed by atoms with Gasteiger partial charge in [-0.25, -0.2) is 4.39 Å². The molecule has 138 valence electrons. The number of hydrogen-bond acceptors (Lipinski definition) is 4. The predicted molar refractivity (Wildman–Crippen MR) is 103 cm³/mol. The lowest BCUT2D eigenvalue weighted by Gasteiger charge is -2.09. The summed E-state index contributed by atoms with van der Waals surface area (Å²) in [4.78, 5) is 16.4. The summed E-state index contributed by atoms with van der Waals surface area (Å²) in [6.45, 7) is 0.484. The molecule has 0 atom stereocenters. The molecule has 1 aromatic heterocycles. The molecule has 6 heteroatoms. The summed E-state index contributed by atoms with van der Waals surface area (Å²) in [6.07, 6.45) is 2.21. The molecule has 0 radical (unpaired) electrons. The van der Waals surface area contributed by atoms with Crippen LogP contribution in [0.2, 0.25) is 0 Å². The van der Waals surface area contributed by atoms with Gasteiger partial charge in [-0.15, -0.1) is 0 Å². The van der Waals surface area contributed by atoms with Gasteiger partial charge in [0.15, 0.2) is 0 Å². The number of para-hydroxylation sites is 1. The Labute approximate surface area is 157 Å². The van der Waals surface area contributed by atoms with E-state index in [1.807, 2.05) is 24.3 Å². The van der Waals surface area contributed by atoms with Crippen LogP contribution in [0, 0.1) is 5.82 Å². The van der Waals surface area contributed by atoms with Crippen molar-refractivity contribution in [3.8, 4) is 5.75 Å². The Hall–Kier alpha value is -3.41. The Morgan fingerprint density at radius 2 is 1.89 bits per heavy atom. The van der Waals surface area contributed by atoms with Gasteiger partial charge in [0.2, 0.25) is 0 Å². The van der Waals surface area contributed by atoms with E-state index in [2.05, 4.69) is 15.6 Å². The molecule has 2 aromatic carbocycles. The van der Waals surface area contributed by atoms with Gasteiger partial charge in [0.05, 0.1) is 12.8 Å². The molecule has 1 heterocycles. The molecule has 27 heavy (non-hydrogen) atoms. The number of aromatic nitrogens is 1. The number of anilines is 2. The van der Waals surface area contributed by atoms with E-state index < -0.39 is 0 Å². The van der Waals surface area contributed by atoms with Crippen LogP contribution < -0.4 is 15.4 Å². The van der Waals surface area contributed by atoms with Crippen LogP contribution in [0.5, 0.6) is 5.75 Å². The van der Waals surface area contributed by atoms with E-state index in [-0.39, 0.29) is 17.4 Å². The van der Waals surface area contributed by atoms with Crippen molar-refractivity contribution in [1.29, 1.82) is 0 Å². The van der Waals surface area contributed by atoms with E-state index in [1.54, 1.807) is 37.4 Å². The van der Waals surface area contributed by atoms with E-state index in [1.165, 1.54) is 12.3 Å². The summed E-state index contributed by atoms with van der Waals surface area (Å²) in [7, 11) is 1.62. The second kappa shape index (κ2) is 8.80. The molecule has 2 N–H and O–H groups in total. The van der Waals surface area contributed by atoms with Crippen molar-refractivity contribution in [2.24, 2.45) is 0 Å². The molecule has 0 spiro atoms. The fraction of sp³-hybridized carbons (Fsp3) is 0.143. The van der Waals surface area contributed by atoms with Crippen molar-refractivity contribution in [3.05, 3.63) is 83.9 Å². The molecule has 0 saturated carbocycles. The average Bonchev–Trinajstić information content (AvgIpc) is 2.70. The Bertz CT molecular complexity index is 913. The standard InChI is InChI=1S/C21H20FN3O2/c1-27-17-8-6-15(7-9-17)10-12-24-21(26)20-14-16(11-13-23-20)25-19-5-3-2-4-18(19)22/h2-9,11,13-14H,10,12H2,1H3,(H,23,25)(H,24,26). The van der Waals surface area contributed by atoms with E-state index >= 15 is 0 Å². The first-order valence-corrected chi connectivity index (χ1v) is 8.54. The quantitative estimate of drug-likeness (QED) is 0.666. The Balaban J connectivity index is 1.57. The summed E-state index contributed by atoms with van der Waals surface area (Å²) in [6, 6.07) is 17.3. The summed E-state index contributed by atoms with van der Waals surface area (Å²) >= 11 is 0. The zero-order chi connectivity index (χ0) is 19.1. The van der Waals surface area contributed by atoms with Gasteiger partial charge in [-0.3, -0.25) is 9.78 Å². The number of pyridine rings is 1. The van der Waals surface area contributed by atoms with Crippen LogP contribution >= 0.6 is 0 Å². The number of methoxy groups -OCH3 is 1. The minimum absolute atomic E-state index is 0.270. The number of halogens is 1. The lowest BCUT2D eigenvalue weighted by molar-refractivity contribution is 0.0949. The summed E-state index contributed by atoms with van der Waals surface area (Å²) in [5.74, 6) is 0.159. The highest BCUT2D eigenvalue weighted by atomic mass is 19.1. The Kier molecular flexibility index (Phi) is 5.99. The maximum Gasteiger partial charge on any atom is 0.269 e. The van der Waals surface area contributed by atoms with E-state index in [0.717, 1.165) is 11.3 Å². The number of amides is 1. The molecule has 0 aliphatic carbocycles. The Morgan fingerprint density at radius 3 is 2.63 bits per heavy atom. The number of ether oxygens (including phenoxy) is 1. The Morgan fingerprint density at radius 1 is 1.11 bits per heavy atom. The van der Waals surface area contributed by atoms with Crippen molar-refractivity contribution in [2.75, 3.05) is 19.0 Å². The maximum atomic E-state index is 13.7. The van der Waals surface area contributed by atoms with Crippen molar-refractivity contribution in [1.82, 2.24) is 10.3 Å². The van der Waals surface area contributed by atoms with E-state index in [4.69, 9.17) is 4.74 Å². The van der Waals surface area contributed by atoms with Gasteiger partial charge in [-0.1, -0.05) is 24.3 Å². The fourth-order valence-electron chi connectivity index (χ4n) is 2.55. The third-order valence-electron chi connectivity index (χ3n) is 4.00. The van der Waals surface area contributed by atoms with Crippen molar-refractivity contribution in [3.63, 3.8) is 0 Å². The van der Waals surface area contributed by atoms with Gasteiger partial charge in [0.25, 0.3) is 5.91 Å². The SMILES string of the molecule is COc1ccc(CCNC(=O)c2cc(Nc3ccccc3F)ccn2)cc1. The second-order valence-corrected chi connectivity index (χ2v) is 5.89. The number of benzene rings is 2. The van der Waals surface area contributed by atoms with Crippen LogP contribution in [0.25, 0.3) is 0 Å². The fourth-order valence-corrected chi connectivity index (χ4v) is 2.55. The van der Waals surface area contributed by atoms with Crippen LogP contribution in [0.3, 0.4) is 0 Å². The normalized spacial score (nSPS) is 10.3. The van der Waals surface area contributed by atoms with Crippen LogP contribution in [0.15, 0.2) is 66.9 Å². The second-order valence-electron chi connectivity index (χ2n) is 5.89. The van der Waals surface area contributed by atoms with Gasteiger partial charge >= 0.3 is 0 Å². The summed E-state index contributed by atoms with van der Waals surface area (Å²) < 4.78 is 18.9. The maximum absolute atomic E-state index is 13.7. The molecule has 0 fully saturated rings. The molecule has 3 rings (SSSR count).